The quantitative estimate of drug-likeness (QED) is 0.499. The van der Waals surface area contributed by atoms with Crippen LogP contribution in [0.2, 0.25) is 5.02 Å². The van der Waals surface area contributed by atoms with E-state index in [1.165, 1.54) is 0 Å². The molecule has 0 saturated heterocycles. The number of halogens is 1. The van der Waals surface area contributed by atoms with Crippen LogP contribution in [0.4, 0.5) is 5.69 Å². The van der Waals surface area contributed by atoms with Gasteiger partial charge in [-0.1, -0.05) is 72.6 Å². The maximum absolute atomic E-state index is 13.4. The number of nitrogens with zero attached hydrogens (tertiary/aromatic N) is 1. The Morgan fingerprint density at radius 2 is 1.66 bits per heavy atom. The van der Waals surface area contributed by atoms with E-state index >= 15 is 0 Å². The zero-order valence-corrected chi connectivity index (χ0v) is 20.0. The molecule has 0 aromatic heterocycles. The molecule has 0 fully saturated rings. The summed E-state index contributed by atoms with van der Waals surface area (Å²) in [4.78, 5) is 12.9. The number of anilines is 1. The highest BCUT2D eigenvalue weighted by molar-refractivity contribution is 7.92. The molecular weight excluding hydrogens is 444 g/mol. The van der Waals surface area contributed by atoms with Crippen LogP contribution in [0.15, 0.2) is 77.7 Å². The van der Waals surface area contributed by atoms with Gasteiger partial charge < -0.3 is 5.32 Å². The Morgan fingerprint density at radius 3 is 2.28 bits per heavy atom. The molecule has 0 saturated carbocycles. The first-order chi connectivity index (χ1) is 15.2. The van der Waals surface area contributed by atoms with E-state index in [0.717, 1.165) is 21.0 Å². The van der Waals surface area contributed by atoms with Gasteiger partial charge in [0, 0.05) is 11.6 Å². The van der Waals surface area contributed by atoms with Crippen LogP contribution in [0.1, 0.15) is 29.5 Å². The van der Waals surface area contributed by atoms with Crippen molar-refractivity contribution in [1.29, 1.82) is 0 Å². The van der Waals surface area contributed by atoms with E-state index in [0.29, 0.717) is 17.3 Å². The fourth-order valence-corrected chi connectivity index (χ4v) is 4.83. The third-order valence-corrected chi connectivity index (χ3v) is 7.51. The average molecular weight is 471 g/mol. The standard InChI is InChI=1S/C25H27ClN2O3S/c1-18-9-13-23(14-10-18)32(30,31)28(22-12-11-19(2)24(26)15-22)17-25(29)27-16-20(3)21-7-5-4-6-8-21/h4-15,20H,16-17H2,1-3H3,(H,27,29). The largest absolute Gasteiger partial charge is 0.354 e. The lowest BCUT2D eigenvalue weighted by molar-refractivity contribution is -0.119. The molecule has 0 spiro atoms. The van der Waals surface area contributed by atoms with E-state index in [1.54, 1.807) is 42.5 Å². The highest BCUT2D eigenvalue weighted by Crippen LogP contribution is 2.28. The molecule has 0 aliphatic rings. The summed E-state index contributed by atoms with van der Waals surface area (Å²) in [5.41, 5.74) is 3.21. The van der Waals surface area contributed by atoms with Gasteiger partial charge in [-0.25, -0.2) is 8.42 Å². The molecular formula is C25H27ClN2O3S. The van der Waals surface area contributed by atoms with Crippen LogP contribution in [-0.2, 0) is 14.8 Å². The van der Waals surface area contributed by atoms with Crippen molar-refractivity contribution in [2.75, 3.05) is 17.4 Å². The molecule has 5 nitrogen and oxygen atoms in total. The lowest BCUT2D eigenvalue weighted by Crippen LogP contribution is -2.41. The van der Waals surface area contributed by atoms with Gasteiger partial charge in [-0.05, 0) is 55.2 Å². The predicted octanol–water partition coefficient (Wildman–Crippen LogP) is 5.07. The first kappa shape index (κ1) is 23.8. The van der Waals surface area contributed by atoms with Gasteiger partial charge in [0.1, 0.15) is 6.54 Å². The lowest BCUT2D eigenvalue weighted by Gasteiger charge is -2.25. The van der Waals surface area contributed by atoms with E-state index in [9.17, 15) is 13.2 Å². The number of rotatable bonds is 8. The summed E-state index contributed by atoms with van der Waals surface area (Å²) in [6.07, 6.45) is 0. The molecule has 1 unspecified atom stereocenters. The van der Waals surface area contributed by atoms with Crippen molar-refractivity contribution in [3.63, 3.8) is 0 Å². The fraction of sp³-hybridized carbons (Fsp3) is 0.240. The first-order valence-corrected chi connectivity index (χ1v) is 12.2. The van der Waals surface area contributed by atoms with Crippen LogP contribution < -0.4 is 9.62 Å². The Hall–Kier alpha value is -2.83. The normalized spacial score (nSPS) is 12.2. The highest BCUT2D eigenvalue weighted by Gasteiger charge is 2.27. The highest BCUT2D eigenvalue weighted by atomic mass is 35.5. The maximum Gasteiger partial charge on any atom is 0.264 e. The summed E-state index contributed by atoms with van der Waals surface area (Å²) in [5.74, 6) is -0.295. The van der Waals surface area contributed by atoms with Gasteiger partial charge in [0.15, 0.2) is 0 Å². The number of amides is 1. The Bertz CT molecular complexity index is 1180. The van der Waals surface area contributed by atoms with Crippen LogP contribution in [0, 0.1) is 13.8 Å². The summed E-state index contributed by atoms with van der Waals surface area (Å²) >= 11 is 6.26. The summed E-state index contributed by atoms with van der Waals surface area (Å²) < 4.78 is 28.0. The minimum atomic E-state index is -3.97. The lowest BCUT2D eigenvalue weighted by atomic mass is 10.0. The average Bonchev–Trinajstić information content (AvgIpc) is 2.78. The SMILES string of the molecule is Cc1ccc(S(=O)(=O)N(CC(=O)NCC(C)c2ccccc2)c2ccc(C)c(Cl)c2)cc1. The number of benzene rings is 3. The minimum Gasteiger partial charge on any atom is -0.354 e. The second-order valence-electron chi connectivity index (χ2n) is 7.87. The molecule has 1 amide bonds. The number of nitrogens with one attached hydrogen (secondary N) is 1. The summed E-state index contributed by atoms with van der Waals surface area (Å²) in [6, 6.07) is 21.4. The van der Waals surface area contributed by atoms with E-state index in [4.69, 9.17) is 11.6 Å². The van der Waals surface area contributed by atoms with Gasteiger partial charge in [-0.15, -0.1) is 0 Å². The molecule has 32 heavy (non-hydrogen) atoms. The number of sulfonamides is 1. The van der Waals surface area contributed by atoms with Crippen LogP contribution in [-0.4, -0.2) is 27.4 Å². The van der Waals surface area contributed by atoms with Crippen molar-refractivity contribution < 1.29 is 13.2 Å². The van der Waals surface area contributed by atoms with Crippen molar-refractivity contribution in [2.45, 2.75) is 31.6 Å². The number of carbonyl (C=O) groups is 1. The van der Waals surface area contributed by atoms with E-state index in [-0.39, 0.29) is 23.3 Å². The van der Waals surface area contributed by atoms with Crippen molar-refractivity contribution in [1.82, 2.24) is 5.32 Å². The molecule has 0 bridgehead atoms. The van der Waals surface area contributed by atoms with Crippen molar-refractivity contribution in [2.24, 2.45) is 0 Å². The summed E-state index contributed by atoms with van der Waals surface area (Å²) in [7, 11) is -3.97. The predicted molar refractivity (Wildman–Crippen MR) is 130 cm³/mol. The zero-order valence-electron chi connectivity index (χ0n) is 18.4. The smallest absolute Gasteiger partial charge is 0.264 e. The first-order valence-electron chi connectivity index (χ1n) is 10.4. The van der Waals surface area contributed by atoms with Crippen molar-refractivity contribution >= 4 is 33.2 Å². The monoisotopic (exact) mass is 470 g/mol. The van der Waals surface area contributed by atoms with Gasteiger partial charge in [-0.3, -0.25) is 9.10 Å². The van der Waals surface area contributed by atoms with Crippen LogP contribution in [0.25, 0.3) is 0 Å². The molecule has 1 N–H and O–H groups in total. The van der Waals surface area contributed by atoms with Crippen LogP contribution in [0.3, 0.4) is 0 Å². The third-order valence-electron chi connectivity index (χ3n) is 5.31. The number of aryl methyl sites for hydroxylation is 2. The molecule has 1 atom stereocenters. The Balaban J connectivity index is 1.84. The number of hydrogen-bond donors (Lipinski definition) is 1. The minimum absolute atomic E-state index is 0.0936. The Kier molecular flexibility index (Phi) is 7.59. The third kappa shape index (κ3) is 5.69. The van der Waals surface area contributed by atoms with Crippen molar-refractivity contribution in [3.8, 4) is 0 Å². The molecule has 0 radical (unpaired) electrons. The molecule has 3 aromatic rings. The molecule has 168 valence electrons. The molecule has 0 aliphatic heterocycles. The molecule has 0 aliphatic carbocycles. The molecule has 7 heteroatoms. The van der Waals surface area contributed by atoms with E-state index in [2.05, 4.69) is 5.32 Å². The van der Waals surface area contributed by atoms with Gasteiger partial charge in [0.2, 0.25) is 5.91 Å². The van der Waals surface area contributed by atoms with Crippen LogP contribution >= 0.6 is 11.6 Å². The van der Waals surface area contributed by atoms with E-state index < -0.39 is 10.0 Å². The maximum atomic E-state index is 13.4. The second kappa shape index (κ2) is 10.2. The zero-order chi connectivity index (χ0) is 23.3. The molecule has 3 rings (SSSR count). The second-order valence-corrected chi connectivity index (χ2v) is 10.1. The Labute approximate surface area is 195 Å². The van der Waals surface area contributed by atoms with Gasteiger partial charge >= 0.3 is 0 Å². The van der Waals surface area contributed by atoms with Gasteiger partial charge in [0.05, 0.1) is 10.6 Å². The van der Waals surface area contributed by atoms with Crippen molar-refractivity contribution in [3.05, 3.63) is 94.5 Å². The number of carbonyl (C=O) groups excluding carboxylic acids is 1. The van der Waals surface area contributed by atoms with Crippen LogP contribution in [0.5, 0.6) is 0 Å². The fourth-order valence-electron chi connectivity index (χ4n) is 3.24. The number of hydrogen-bond acceptors (Lipinski definition) is 3. The summed E-state index contributed by atoms with van der Waals surface area (Å²) in [5, 5.41) is 3.30. The molecule has 0 heterocycles. The topological polar surface area (TPSA) is 66.5 Å². The van der Waals surface area contributed by atoms with Gasteiger partial charge in [-0.2, -0.15) is 0 Å². The molecule has 3 aromatic carbocycles. The summed E-state index contributed by atoms with van der Waals surface area (Å²) in [6.45, 7) is 5.78. The van der Waals surface area contributed by atoms with E-state index in [1.807, 2.05) is 51.1 Å². The Morgan fingerprint density at radius 1 is 1.00 bits per heavy atom. The van der Waals surface area contributed by atoms with Gasteiger partial charge in [0.25, 0.3) is 10.0 Å².